The number of nitrogen functional groups attached to an aromatic ring is 1. The second kappa shape index (κ2) is 6.66. The summed E-state index contributed by atoms with van der Waals surface area (Å²) in [5, 5.41) is 13.1. The average molecular weight is 264 g/mol. The van der Waals surface area contributed by atoms with Crippen molar-refractivity contribution in [2.75, 3.05) is 24.2 Å². The molecule has 1 fully saturated rings. The van der Waals surface area contributed by atoms with Gasteiger partial charge in [-0.15, -0.1) is 0 Å². The van der Waals surface area contributed by atoms with Crippen molar-refractivity contribution in [3.05, 3.63) is 18.2 Å². The van der Waals surface area contributed by atoms with Crippen LogP contribution in [0.2, 0.25) is 0 Å². The van der Waals surface area contributed by atoms with Gasteiger partial charge in [0, 0.05) is 30.1 Å². The molecule has 1 aromatic carbocycles. The molecule has 2 atom stereocenters. The van der Waals surface area contributed by atoms with Gasteiger partial charge in [-0.3, -0.25) is 0 Å². The van der Waals surface area contributed by atoms with Crippen molar-refractivity contribution in [1.29, 1.82) is 0 Å². The molecule has 0 heterocycles. The maximum absolute atomic E-state index is 9.67. The average Bonchev–Trinajstić information content (AvgIpc) is 2.36. The molecule has 0 aliphatic heterocycles. The van der Waals surface area contributed by atoms with E-state index in [1.54, 1.807) is 0 Å². The fourth-order valence-electron chi connectivity index (χ4n) is 2.68. The molecule has 1 aliphatic rings. The first-order valence-corrected chi connectivity index (χ1v) is 7.12. The lowest BCUT2D eigenvalue weighted by Gasteiger charge is -2.26. The number of hydrogen-bond donors (Lipinski definition) is 3. The van der Waals surface area contributed by atoms with Gasteiger partial charge in [-0.1, -0.05) is 6.42 Å². The highest BCUT2D eigenvalue weighted by Gasteiger charge is 2.19. The molecule has 0 saturated heterocycles. The van der Waals surface area contributed by atoms with E-state index < -0.39 is 0 Å². The third-order valence-corrected chi connectivity index (χ3v) is 3.59. The highest BCUT2D eigenvalue weighted by Crippen LogP contribution is 2.26. The van der Waals surface area contributed by atoms with Gasteiger partial charge >= 0.3 is 0 Å². The Balaban J connectivity index is 1.91. The second-order valence-corrected chi connectivity index (χ2v) is 5.29. The van der Waals surface area contributed by atoms with Gasteiger partial charge in [-0.05, 0) is 38.2 Å². The third-order valence-electron chi connectivity index (χ3n) is 3.59. The molecule has 0 spiro atoms. The predicted molar refractivity (Wildman–Crippen MR) is 78.5 cm³/mol. The zero-order valence-electron chi connectivity index (χ0n) is 11.6. The van der Waals surface area contributed by atoms with Crippen LogP contribution in [0.15, 0.2) is 18.2 Å². The number of ether oxygens (including phenoxy) is 1. The van der Waals surface area contributed by atoms with Crippen LogP contribution in [0.1, 0.15) is 32.6 Å². The van der Waals surface area contributed by atoms with E-state index >= 15 is 0 Å². The van der Waals surface area contributed by atoms with Gasteiger partial charge < -0.3 is 20.9 Å². The fraction of sp³-hybridized carbons (Fsp3) is 0.600. The number of nitrogens with one attached hydrogen (secondary N) is 1. The van der Waals surface area contributed by atoms with Gasteiger partial charge in [0.1, 0.15) is 5.75 Å². The maximum Gasteiger partial charge on any atom is 0.123 e. The van der Waals surface area contributed by atoms with E-state index in [2.05, 4.69) is 5.32 Å². The van der Waals surface area contributed by atoms with Gasteiger partial charge in [0.05, 0.1) is 12.7 Å². The van der Waals surface area contributed by atoms with Gasteiger partial charge in [0.15, 0.2) is 0 Å². The quantitative estimate of drug-likeness (QED) is 0.715. The molecule has 1 aromatic rings. The summed E-state index contributed by atoms with van der Waals surface area (Å²) in [5.74, 6) is 1.34. The Bertz CT molecular complexity index is 409. The lowest BCUT2D eigenvalue weighted by molar-refractivity contribution is 0.105. The lowest BCUT2D eigenvalue weighted by Crippen LogP contribution is -2.25. The summed E-state index contributed by atoms with van der Waals surface area (Å²) in [7, 11) is 0. The predicted octanol–water partition coefficient (Wildman–Crippen LogP) is 2.63. The van der Waals surface area contributed by atoms with Crippen molar-refractivity contribution in [2.24, 2.45) is 5.92 Å². The first kappa shape index (κ1) is 14.0. The van der Waals surface area contributed by atoms with E-state index in [9.17, 15) is 5.11 Å². The molecule has 1 saturated carbocycles. The van der Waals surface area contributed by atoms with Gasteiger partial charge in [0.2, 0.25) is 0 Å². The van der Waals surface area contributed by atoms with Crippen LogP contribution < -0.4 is 15.8 Å². The third kappa shape index (κ3) is 4.31. The largest absolute Gasteiger partial charge is 0.494 e. The number of aliphatic hydroxyl groups is 1. The molecule has 4 heteroatoms. The first-order chi connectivity index (χ1) is 9.17. The fourth-order valence-corrected chi connectivity index (χ4v) is 2.68. The van der Waals surface area contributed by atoms with Crippen molar-refractivity contribution >= 4 is 11.4 Å². The molecule has 4 nitrogen and oxygen atoms in total. The molecular formula is C15H24N2O2. The van der Waals surface area contributed by atoms with Gasteiger partial charge in [-0.25, -0.2) is 0 Å². The topological polar surface area (TPSA) is 67.5 Å². The van der Waals surface area contributed by atoms with Crippen molar-refractivity contribution in [3.63, 3.8) is 0 Å². The van der Waals surface area contributed by atoms with Crippen molar-refractivity contribution in [1.82, 2.24) is 0 Å². The molecule has 19 heavy (non-hydrogen) atoms. The summed E-state index contributed by atoms with van der Waals surface area (Å²) in [4.78, 5) is 0. The number of anilines is 2. The van der Waals surface area contributed by atoms with Crippen LogP contribution in [0.25, 0.3) is 0 Å². The molecule has 0 radical (unpaired) electrons. The van der Waals surface area contributed by atoms with E-state index in [0.717, 1.165) is 37.2 Å². The molecule has 2 unspecified atom stereocenters. The van der Waals surface area contributed by atoms with E-state index in [0.29, 0.717) is 18.2 Å². The Morgan fingerprint density at radius 2 is 2.21 bits per heavy atom. The molecular weight excluding hydrogens is 240 g/mol. The van der Waals surface area contributed by atoms with Crippen molar-refractivity contribution in [2.45, 2.75) is 38.7 Å². The van der Waals surface area contributed by atoms with Gasteiger partial charge in [-0.2, -0.15) is 0 Å². The lowest BCUT2D eigenvalue weighted by atomic mass is 9.87. The number of aliphatic hydroxyl groups excluding tert-OH is 1. The van der Waals surface area contributed by atoms with E-state index in [4.69, 9.17) is 10.5 Å². The number of rotatable bonds is 5. The van der Waals surface area contributed by atoms with E-state index in [-0.39, 0.29) is 6.10 Å². The summed E-state index contributed by atoms with van der Waals surface area (Å²) < 4.78 is 5.48. The zero-order chi connectivity index (χ0) is 13.7. The minimum atomic E-state index is -0.125. The van der Waals surface area contributed by atoms with Crippen molar-refractivity contribution in [3.8, 4) is 5.75 Å². The molecule has 2 rings (SSSR count). The molecule has 4 N–H and O–H groups in total. The summed E-state index contributed by atoms with van der Waals surface area (Å²) in [6.07, 6.45) is 4.02. The van der Waals surface area contributed by atoms with Crippen LogP contribution in [0.3, 0.4) is 0 Å². The smallest absolute Gasteiger partial charge is 0.123 e. The van der Waals surface area contributed by atoms with Crippen LogP contribution in [-0.2, 0) is 0 Å². The van der Waals surface area contributed by atoms with E-state index in [1.165, 1.54) is 6.42 Å². The monoisotopic (exact) mass is 264 g/mol. The molecule has 0 aromatic heterocycles. The van der Waals surface area contributed by atoms with Crippen molar-refractivity contribution < 1.29 is 9.84 Å². The zero-order valence-corrected chi connectivity index (χ0v) is 11.6. The summed E-state index contributed by atoms with van der Waals surface area (Å²) in [6, 6.07) is 5.72. The second-order valence-electron chi connectivity index (χ2n) is 5.29. The van der Waals surface area contributed by atoms with Crippen LogP contribution in [0, 0.1) is 5.92 Å². The maximum atomic E-state index is 9.67. The number of benzene rings is 1. The van der Waals surface area contributed by atoms with Crippen LogP contribution in [0.4, 0.5) is 11.4 Å². The van der Waals surface area contributed by atoms with Gasteiger partial charge in [0.25, 0.3) is 0 Å². The highest BCUT2D eigenvalue weighted by atomic mass is 16.5. The summed E-state index contributed by atoms with van der Waals surface area (Å²) >= 11 is 0. The first-order valence-electron chi connectivity index (χ1n) is 7.12. The number of nitrogens with two attached hydrogens (primary N) is 1. The Kier molecular flexibility index (Phi) is 4.91. The summed E-state index contributed by atoms with van der Waals surface area (Å²) in [5.41, 5.74) is 7.56. The van der Waals surface area contributed by atoms with E-state index in [1.807, 2.05) is 25.1 Å². The highest BCUT2D eigenvalue weighted by molar-refractivity contribution is 5.59. The summed E-state index contributed by atoms with van der Waals surface area (Å²) in [6.45, 7) is 3.48. The Morgan fingerprint density at radius 1 is 1.37 bits per heavy atom. The normalized spacial score (nSPS) is 23.1. The molecule has 106 valence electrons. The Hall–Kier alpha value is -1.42. The standard InChI is InChI=1S/C15H24N2O2/c1-2-19-15-8-12(16)7-13(9-15)17-10-11-4-3-5-14(18)6-11/h7-9,11,14,17-18H,2-6,10,16H2,1H3. The molecule has 0 bridgehead atoms. The molecule has 0 amide bonds. The minimum Gasteiger partial charge on any atom is -0.494 e. The van der Waals surface area contributed by atoms with Crippen LogP contribution in [-0.4, -0.2) is 24.4 Å². The molecule has 1 aliphatic carbocycles. The minimum absolute atomic E-state index is 0.125. The Labute approximate surface area is 115 Å². The Morgan fingerprint density at radius 3 is 2.95 bits per heavy atom. The SMILES string of the molecule is CCOc1cc(N)cc(NCC2CCCC(O)C2)c1. The van der Waals surface area contributed by atoms with Crippen LogP contribution in [0.5, 0.6) is 5.75 Å². The number of hydrogen-bond acceptors (Lipinski definition) is 4. The van der Waals surface area contributed by atoms with Crippen LogP contribution >= 0.6 is 0 Å².